The first kappa shape index (κ1) is 12.5. The van der Waals surface area contributed by atoms with E-state index in [-0.39, 0.29) is 5.91 Å². The van der Waals surface area contributed by atoms with Gasteiger partial charge in [0.05, 0.1) is 6.54 Å². The van der Waals surface area contributed by atoms with Crippen LogP contribution in [0.4, 0.5) is 0 Å². The van der Waals surface area contributed by atoms with Crippen LogP contribution in [0.2, 0.25) is 0 Å². The fourth-order valence-electron chi connectivity index (χ4n) is 2.17. The van der Waals surface area contributed by atoms with Crippen molar-refractivity contribution in [2.24, 2.45) is 0 Å². The molecular weight excluding hydrogens is 226 g/mol. The minimum atomic E-state index is -0.415. The van der Waals surface area contributed by atoms with Crippen molar-refractivity contribution in [3.05, 3.63) is 29.8 Å². The Morgan fingerprint density at radius 3 is 3.00 bits per heavy atom. The lowest BCUT2D eigenvalue weighted by molar-refractivity contribution is -0.137. The molecule has 0 saturated carbocycles. The van der Waals surface area contributed by atoms with Crippen molar-refractivity contribution >= 4 is 5.91 Å². The van der Waals surface area contributed by atoms with E-state index in [9.17, 15) is 4.79 Å². The molecule has 1 unspecified atom stereocenters. The van der Waals surface area contributed by atoms with E-state index in [1.807, 2.05) is 31.2 Å². The van der Waals surface area contributed by atoms with Crippen molar-refractivity contribution in [1.29, 1.82) is 0 Å². The van der Waals surface area contributed by atoms with Crippen LogP contribution in [0.25, 0.3) is 0 Å². The number of carbonyl (C=O) groups excluding carboxylic acids is 1. The van der Waals surface area contributed by atoms with E-state index < -0.39 is 6.10 Å². The molecule has 0 fully saturated rings. The Morgan fingerprint density at radius 2 is 2.33 bits per heavy atom. The highest BCUT2D eigenvalue weighted by atomic mass is 16.5. The monoisotopic (exact) mass is 243 g/mol. The SMILES string of the molecule is C#CCN(CCC)C(=O)C1Cc2ccccc2O1. The average Bonchev–Trinajstić information content (AvgIpc) is 2.81. The lowest BCUT2D eigenvalue weighted by Gasteiger charge is -2.22. The second-order valence-corrected chi connectivity index (χ2v) is 4.38. The second-order valence-electron chi connectivity index (χ2n) is 4.38. The summed E-state index contributed by atoms with van der Waals surface area (Å²) in [6, 6.07) is 7.76. The number of carbonyl (C=O) groups is 1. The largest absolute Gasteiger partial charge is 0.480 e. The molecule has 1 aliphatic rings. The predicted octanol–water partition coefficient (Wildman–Crippen LogP) is 1.86. The van der Waals surface area contributed by atoms with Gasteiger partial charge in [-0.3, -0.25) is 4.79 Å². The van der Waals surface area contributed by atoms with Crippen LogP contribution in [0, 0.1) is 12.3 Å². The average molecular weight is 243 g/mol. The highest BCUT2D eigenvalue weighted by Gasteiger charge is 2.31. The van der Waals surface area contributed by atoms with Crippen molar-refractivity contribution in [3.8, 4) is 18.1 Å². The Balaban J connectivity index is 2.06. The third kappa shape index (κ3) is 2.48. The minimum absolute atomic E-state index is 0.00833. The molecule has 0 aromatic heterocycles. The van der Waals surface area contributed by atoms with Crippen molar-refractivity contribution in [2.45, 2.75) is 25.9 Å². The second kappa shape index (κ2) is 5.59. The Hall–Kier alpha value is -1.95. The van der Waals surface area contributed by atoms with Gasteiger partial charge in [0.15, 0.2) is 6.10 Å². The van der Waals surface area contributed by atoms with Crippen LogP contribution in [0.5, 0.6) is 5.75 Å². The third-order valence-electron chi connectivity index (χ3n) is 3.01. The van der Waals surface area contributed by atoms with Gasteiger partial charge < -0.3 is 9.64 Å². The van der Waals surface area contributed by atoms with Gasteiger partial charge in [-0.15, -0.1) is 6.42 Å². The molecule has 1 amide bonds. The van der Waals surface area contributed by atoms with Gasteiger partial charge in [-0.05, 0) is 18.1 Å². The van der Waals surface area contributed by atoms with E-state index >= 15 is 0 Å². The van der Waals surface area contributed by atoms with Gasteiger partial charge in [-0.1, -0.05) is 31.0 Å². The number of fused-ring (bicyclic) bond motifs is 1. The Bertz CT molecular complexity index is 451. The zero-order valence-electron chi connectivity index (χ0n) is 10.6. The summed E-state index contributed by atoms with van der Waals surface area (Å²) in [5.74, 6) is 3.33. The van der Waals surface area contributed by atoms with Crippen LogP contribution < -0.4 is 4.74 Å². The summed E-state index contributed by atoms with van der Waals surface area (Å²) in [4.78, 5) is 14.0. The van der Waals surface area contributed by atoms with Crippen LogP contribution in [0.15, 0.2) is 24.3 Å². The number of benzene rings is 1. The molecular formula is C15H17NO2. The van der Waals surface area contributed by atoms with E-state index in [1.165, 1.54) is 0 Å². The molecule has 0 saturated heterocycles. The molecule has 94 valence electrons. The maximum atomic E-state index is 12.3. The fourth-order valence-corrected chi connectivity index (χ4v) is 2.17. The molecule has 3 nitrogen and oxygen atoms in total. The van der Waals surface area contributed by atoms with E-state index in [1.54, 1.807) is 4.90 Å². The topological polar surface area (TPSA) is 29.5 Å². The summed E-state index contributed by atoms with van der Waals surface area (Å²) >= 11 is 0. The van der Waals surface area contributed by atoms with Gasteiger partial charge in [0.25, 0.3) is 5.91 Å². The highest BCUT2D eigenvalue weighted by molar-refractivity contribution is 5.82. The number of ether oxygens (including phenoxy) is 1. The summed E-state index contributed by atoms with van der Waals surface area (Å²) in [7, 11) is 0. The highest BCUT2D eigenvalue weighted by Crippen LogP contribution is 2.28. The lowest BCUT2D eigenvalue weighted by Crippen LogP contribution is -2.42. The van der Waals surface area contributed by atoms with Crippen molar-refractivity contribution in [3.63, 3.8) is 0 Å². The molecule has 1 atom stereocenters. The first-order chi connectivity index (χ1) is 8.76. The van der Waals surface area contributed by atoms with Gasteiger partial charge in [-0.25, -0.2) is 0 Å². The quantitative estimate of drug-likeness (QED) is 0.755. The van der Waals surface area contributed by atoms with Crippen molar-refractivity contribution in [1.82, 2.24) is 4.90 Å². The Kier molecular flexibility index (Phi) is 3.88. The molecule has 1 aliphatic heterocycles. The number of terminal acetylenes is 1. The molecule has 18 heavy (non-hydrogen) atoms. The van der Waals surface area contributed by atoms with Crippen LogP contribution in [0.3, 0.4) is 0 Å². The van der Waals surface area contributed by atoms with Crippen LogP contribution >= 0.6 is 0 Å². The molecule has 3 heteroatoms. The molecule has 0 aliphatic carbocycles. The smallest absolute Gasteiger partial charge is 0.264 e. The van der Waals surface area contributed by atoms with E-state index in [0.29, 0.717) is 19.5 Å². The van der Waals surface area contributed by atoms with Gasteiger partial charge >= 0.3 is 0 Å². The number of para-hydroxylation sites is 1. The molecule has 1 aromatic rings. The summed E-state index contributed by atoms with van der Waals surface area (Å²) in [5.41, 5.74) is 1.09. The van der Waals surface area contributed by atoms with Gasteiger partial charge in [-0.2, -0.15) is 0 Å². The van der Waals surface area contributed by atoms with Gasteiger partial charge in [0.1, 0.15) is 5.75 Å². The van der Waals surface area contributed by atoms with Crippen LogP contribution in [0.1, 0.15) is 18.9 Å². The third-order valence-corrected chi connectivity index (χ3v) is 3.01. The van der Waals surface area contributed by atoms with Crippen LogP contribution in [-0.4, -0.2) is 30.0 Å². The molecule has 0 spiro atoms. The number of hydrogen-bond donors (Lipinski definition) is 0. The number of amides is 1. The van der Waals surface area contributed by atoms with Crippen LogP contribution in [-0.2, 0) is 11.2 Å². The summed E-state index contributed by atoms with van der Waals surface area (Å²) in [5, 5.41) is 0. The molecule has 0 N–H and O–H groups in total. The fraction of sp³-hybridized carbons (Fsp3) is 0.400. The predicted molar refractivity (Wildman–Crippen MR) is 70.3 cm³/mol. The molecule has 1 heterocycles. The van der Waals surface area contributed by atoms with E-state index in [0.717, 1.165) is 17.7 Å². The molecule has 1 aromatic carbocycles. The molecule has 0 radical (unpaired) electrons. The molecule has 2 rings (SSSR count). The summed E-state index contributed by atoms with van der Waals surface area (Å²) in [6.45, 7) is 3.06. The lowest BCUT2D eigenvalue weighted by atomic mass is 10.1. The number of rotatable bonds is 4. The van der Waals surface area contributed by atoms with E-state index in [2.05, 4.69) is 5.92 Å². The Labute approximate surface area is 108 Å². The van der Waals surface area contributed by atoms with Crippen molar-refractivity contribution in [2.75, 3.05) is 13.1 Å². The summed E-state index contributed by atoms with van der Waals surface area (Å²) < 4.78 is 5.68. The van der Waals surface area contributed by atoms with Gasteiger partial charge in [0, 0.05) is 13.0 Å². The summed E-state index contributed by atoms with van der Waals surface area (Å²) in [6.07, 6.45) is 6.42. The maximum Gasteiger partial charge on any atom is 0.264 e. The maximum absolute atomic E-state index is 12.3. The zero-order chi connectivity index (χ0) is 13.0. The Morgan fingerprint density at radius 1 is 1.56 bits per heavy atom. The standard InChI is InChI=1S/C15H17NO2/c1-3-9-16(10-4-2)15(17)14-11-12-7-5-6-8-13(12)18-14/h1,5-8,14H,4,9-11H2,2H3. The van der Waals surface area contributed by atoms with E-state index in [4.69, 9.17) is 11.2 Å². The minimum Gasteiger partial charge on any atom is -0.480 e. The zero-order valence-corrected chi connectivity index (χ0v) is 10.6. The van der Waals surface area contributed by atoms with Crippen molar-refractivity contribution < 1.29 is 9.53 Å². The first-order valence-electron chi connectivity index (χ1n) is 6.23. The number of nitrogens with zero attached hydrogens (tertiary/aromatic N) is 1. The first-order valence-corrected chi connectivity index (χ1v) is 6.23. The number of hydrogen-bond acceptors (Lipinski definition) is 2. The normalized spacial score (nSPS) is 16.6. The molecule has 0 bridgehead atoms. The van der Waals surface area contributed by atoms with Gasteiger partial charge in [0.2, 0.25) is 0 Å².